The summed E-state index contributed by atoms with van der Waals surface area (Å²) in [7, 11) is 0. The van der Waals surface area contributed by atoms with Gasteiger partial charge in [-0.3, -0.25) is 14.4 Å². The second-order valence-electron chi connectivity index (χ2n) is 5.33. The highest BCUT2D eigenvalue weighted by molar-refractivity contribution is 7.16. The number of rotatable bonds is 4. The molecule has 7 heteroatoms. The number of thiophene rings is 1. The van der Waals surface area contributed by atoms with E-state index in [0.717, 1.165) is 10.4 Å². The van der Waals surface area contributed by atoms with Crippen LogP contribution in [0.25, 0.3) is 0 Å². The molecule has 1 aliphatic carbocycles. The molecule has 0 fully saturated rings. The maximum Gasteiger partial charge on any atom is 0.307 e. The molecule has 0 spiro atoms. The summed E-state index contributed by atoms with van der Waals surface area (Å²) in [5, 5.41) is 12.3. The molecule has 118 valence electrons. The largest absolute Gasteiger partial charge is 0.481 e. The molecule has 2 rings (SSSR count). The standard InChI is InChI=1S/C15H18N2O4S/c1-7-8(2)22-14(11(7)12(16)18)17-13(19)9-5-3-4-6-10(9)15(20)21/h3-4,9-10H,5-6H2,1-2H3,(H2,16,18)(H,17,19)(H,20,21)/t9-,10+/m1/s1. The number of primary amides is 1. The first-order chi connectivity index (χ1) is 10.3. The Morgan fingerprint density at radius 3 is 2.36 bits per heavy atom. The summed E-state index contributed by atoms with van der Waals surface area (Å²) >= 11 is 1.27. The number of nitrogens with one attached hydrogen (secondary N) is 1. The molecule has 22 heavy (non-hydrogen) atoms. The van der Waals surface area contributed by atoms with Crippen molar-refractivity contribution in [3.8, 4) is 0 Å². The predicted molar refractivity (Wildman–Crippen MR) is 83.9 cm³/mol. The van der Waals surface area contributed by atoms with Crippen LogP contribution in [0.15, 0.2) is 12.2 Å². The van der Waals surface area contributed by atoms with Crippen LogP contribution in [0.5, 0.6) is 0 Å². The van der Waals surface area contributed by atoms with E-state index in [1.165, 1.54) is 11.3 Å². The number of nitrogens with two attached hydrogens (primary N) is 1. The van der Waals surface area contributed by atoms with E-state index in [0.29, 0.717) is 23.4 Å². The molecule has 1 aromatic rings. The van der Waals surface area contributed by atoms with Gasteiger partial charge in [-0.1, -0.05) is 12.2 Å². The molecule has 4 N–H and O–H groups in total. The molecule has 0 radical (unpaired) electrons. The molecular weight excluding hydrogens is 304 g/mol. The summed E-state index contributed by atoms with van der Waals surface area (Å²) in [5.41, 5.74) is 6.41. The number of hydrogen-bond donors (Lipinski definition) is 3. The van der Waals surface area contributed by atoms with Crippen LogP contribution in [0.2, 0.25) is 0 Å². The van der Waals surface area contributed by atoms with E-state index in [2.05, 4.69) is 5.32 Å². The van der Waals surface area contributed by atoms with Crippen molar-refractivity contribution >= 4 is 34.1 Å². The van der Waals surface area contributed by atoms with Gasteiger partial charge in [0.25, 0.3) is 5.91 Å². The second kappa shape index (κ2) is 6.31. The highest BCUT2D eigenvalue weighted by atomic mass is 32.1. The van der Waals surface area contributed by atoms with Crippen LogP contribution in [0.4, 0.5) is 5.00 Å². The van der Waals surface area contributed by atoms with E-state index in [1.54, 1.807) is 13.0 Å². The highest BCUT2D eigenvalue weighted by Crippen LogP contribution is 2.34. The number of aryl methyl sites for hydroxylation is 1. The third-order valence-corrected chi connectivity index (χ3v) is 5.08. The zero-order valence-electron chi connectivity index (χ0n) is 12.4. The number of carbonyl (C=O) groups excluding carboxylic acids is 2. The number of carbonyl (C=O) groups is 3. The van der Waals surface area contributed by atoms with Crippen molar-refractivity contribution in [1.29, 1.82) is 0 Å². The normalized spacial score (nSPS) is 20.6. The Kier molecular flexibility index (Phi) is 4.65. The van der Waals surface area contributed by atoms with Gasteiger partial charge in [0.1, 0.15) is 5.00 Å². The lowest BCUT2D eigenvalue weighted by Crippen LogP contribution is -2.35. The zero-order valence-corrected chi connectivity index (χ0v) is 13.2. The first-order valence-electron chi connectivity index (χ1n) is 6.91. The summed E-state index contributed by atoms with van der Waals surface area (Å²) in [6, 6.07) is 0. The summed E-state index contributed by atoms with van der Waals surface area (Å²) < 4.78 is 0. The third kappa shape index (κ3) is 3.04. The predicted octanol–water partition coefficient (Wildman–Crippen LogP) is 2.07. The van der Waals surface area contributed by atoms with Gasteiger partial charge < -0.3 is 16.2 Å². The molecule has 1 aliphatic rings. The van der Waals surface area contributed by atoms with Gasteiger partial charge in [0.2, 0.25) is 5.91 Å². The van der Waals surface area contributed by atoms with Crippen molar-refractivity contribution in [3.63, 3.8) is 0 Å². The van der Waals surface area contributed by atoms with Crippen molar-refractivity contribution in [3.05, 3.63) is 28.2 Å². The van der Waals surface area contributed by atoms with Crippen molar-refractivity contribution in [2.75, 3.05) is 5.32 Å². The van der Waals surface area contributed by atoms with Gasteiger partial charge in [-0.15, -0.1) is 11.3 Å². The quantitative estimate of drug-likeness (QED) is 0.737. The molecule has 0 bridgehead atoms. The Labute approximate surface area is 132 Å². The lowest BCUT2D eigenvalue weighted by atomic mass is 9.82. The van der Waals surface area contributed by atoms with Crippen LogP contribution >= 0.6 is 11.3 Å². The van der Waals surface area contributed by atoms with Gasteiger partial charge in [-0.2, -0.15) is 0 Å². The molecule has 1 heterocycles. The molecular formula is C15H18N2O4S. The summed E-state index contributed by atoms with van der Waals surface area (Å²) in [6.45, 7) is 3.61. The fourth-order valence-corrected chi connectivity index (χ4v) is 3.66. The number of carboxylic acid groups (broad SMARTS) is 1. The van der Waals surface area contributed by atoms with Gasteiger partial charge >= 0.3 is 5.97 Å². The molecule has 2 atom stereocenters. The first kappa shape index (κ1) is 16.2. The van der Waals surface area contributed by atoms with Crippen molar-refractivity contribution in [1.82, 2.24) is 0 Å². The number of anilines is 1. The number of carboxylic acids is 1. The molecule has 1 aromatic heterocycles. The molecule has 0 aliphatic heterocycles. The Morgan fingerprint density at radius 1 is 1.23 bits per heavy atom. The Morgan fingerprint density at radius 2 is 1.82 bits per heavy atom. The molecule has 0 saturated carbocycles. The van der Waals surface area contributed by atoms with E-state index in [1.807, 2.05) is 13.0 Å². The lowest BCUT2D eigenvalue weighted by Gasteiger charge is -2.24. The molecule has 6 nitrogen and oxygen atoms in total. The van der Waals surface area contributed by atoms with Crippen LogP contribution in [-0.4, -0.2) is 22.9 Å². The summed E-state index contributed by atoms with van der Waals surface area (Å²) in [6.07, 6.45) is 4.29. The fourth-order valence-electron chi connectivity index (χ4n) is 2.59. The van der Waals surface area contributed by atoms with Crippen LogP contribution in [0.3, 0.4) is 0 Å². The zero-order chi connectivity index (χ0) is 16.4. The van der Waals surface area contributed by atoms with Gasteiger partial charge in [0, 0.05) is 4.88 Å². The highest BCUT2D eigenvalue weighted by Gasteiger charge is 2.34. The number of hydrogen-bond acceptors (Lipinski definition) is 4. The average Bonchev–Trinajstić information content (AvgIpc) is 2.73. The molecule has 0 unspecified atom stereocenters. The monoisotopic (exact) mass is 322 g/mol. The minimum Gasteiger partial charge on any atom is -0.481 e. The smallest absolute Gasteiger partial charge is 0.307 e. The van der Waals surface area contributed by atoms with Crippen molar-refractivity contribution < 1.29 is 19.5 Å². The number of allylic oxidation sites excluding steroid dienone is 2. The van der Waals surface area contributed by atoms with Crippen molar-refractivity contribution in [2.45, 2.75) is 26.7 Å². The van der Waals surface area contributed by atoms with Gasteiger partial charge in [0.05, 0.1) is 17.4 Å². The van der Waals surface area contributed by atoms with Crippen LogP contribution in [-0.2, 0) is 9.59 Å². The van der Waals surface area contributed by atoms with Gasteiger partial charge in [-0.05, 0) is 32.3 Å². The number of amides is 2. The summed E-state index contributed by atoms with van der Waals surface area (Å²) in [4.78, 5) is 36.1. The second-order valence-corrected chi connectivity index (χ2v) is 6.56. The lowest BCUT2D eigenvalue weighted by molar-refractivity contribution is -0.146. The van der Waals surface area contributed by atoms with Crippen molar-refractivity contribution in [2.24, 2.45) is 17.6 Å². The molecule has 2 amide bonds. The van der Waals surface area contributed by atoms with Crippen LogP contribution < -0.4 is 11.1 Å². The minimum absolute atomic E-state index is 0.300. The fraction of sp³-hybridized carbons (Fsp3) is 0.400. The number of aliphatic carboxylic acids is 1. The molecule has 0 aromatic carbocycles. The average molecular weight is 322 g/mol. The Hall–Kier alpha value is -2.15. The van der Waals surface area contributed by atoms with E-state index in [-0.39, 0.29) is 5.91 Å². The van der Waals surface area contributed by atoms with Crippen LogP contribution in [0.1, 0.15) is 33.6 Å². The van der Waals surface area contributed by atoms with Gasteiger partial charge in [-0.25, -0.2) is 0 Å². The maximum absolute atomic E-state index is 12.4. The van der Waals surface area contributed by atoms with E-state index in [4.69, 9.17) is 5.73 Å². The molecule has 0 saturated heterocycles. The third-order valence-electron chi connectivity index (χ3n) is 3.95. The topological polar surface area (TPSA) is 109 Å². The van der Waals surface area contributed by atoms with E-state index in [9.17, 15) is 19.5 Å². The van der Waals surface area contributed by atoms with E-state index >= 15 is 0 Å². The summed E-state index contributed by atoms with van der Waals surface area (Å²) in [5.74, 6) is -3.37. The minimum atomic E-state index is -0.988. The first-order valence-corrected chi connectivity index (χ1v) is 7.73. The SMILES string of the molecule is Cc1sc(NC(=O)[C@@H]2CC=CC[C@@H]2C(=O)O)c(C(N)=O)c1C. The Bertz CT molecular complexity index is 663. The van der Waals surface area contributed by atoms with E-state index < -0.39 is 23.7 Å². The maximum atomic E-state index is 12.4. The Balaban J connectivity index is 2.25. The van der Waals surface area contributed by atoms with Crippen LogP contribution in [0, 0.1) is 25.7 Å². The van der Waals surface area contributed by atoms with Gasteiger partial charge in [0.15, 0.2) is 0 Å².